The number of amides is 2. The molecule has 1 aromatic heterocycles. The molecule has 0 radical (unpaired) electrons. The van der Waals surface area contributed by atoms with Crippen LogP contribution in [-0.2, 0) is 15.1 Å². The lowest BCUT2D eigenvalue weighted by Crippen LogP contribution is -2.55. The summed E-state index contributed by atoms with van der Waals surface area (Å²) in [5, 5.41) is 13.0. The average molecular weight is 387 g/mol. The van der Waals surface area contributed by atoms with Gasteiger partial charge in [0.15, 0.2) is 0 Å². The molecule has 0 aliphatic carbocycles. The van der Waals surface area contributed by atoms with Crippen molar-refractivity contribution in [2.45, 2.75) is 18.4 Å². The van der Waals surface area contributed by atoms with E-state index in [9.17, 15) is 9.59 Å². The molecule has 3 rings (SSSR count). The Morgan fingerprint density at radius 3 is 2.43 bits per heavy atom. The van der Waals surface area contributed by atoms with Gasteiger partial charge in [-0.2, -0.15) is 5.10 Å². The largest absolute Gasteiger partial charge is 0.497 e. The fraction of sp³-hybridized carbons (Fsp3) is 0.421. The van der Waals surface area contributed by atoms with Crippen LogP contribution in [0.2, 0.25) is 0 Å². The van der Waals surface area contributed by atoms with Crippen LogP contribution in [0.4, 0.5) is 5.69 Å². The van der Waals surface area contributed by atoms with Gasteiger partial charge >= 0.3 is 0 Å². The molecule has 1 aliphatic rings. The van der Waals surface area contributed by atoms with Gasteiger partial charge in [-0.15, -0.1) is 0 Å². The summed E-state index contributed by atoms with van der Waals surface area (Å²) in [7, 11) is 3.07. The third-order valence-corrected chi connectivity index (χ3v) is 4.84. The van der Waals surface area contributed by atoms with E-state index in [2.05, 4.69) is 21.0 Å². The van der Waals surface area contributed by atoms with Gasteiger partial charge < -0.3 is 25.4 Å². The van der Waals surface area contributed by atoms with Crippen LogP contribution in [0.5, 0.6) is 11.5 Å². The summed E-state index contributed by atoms with van der Waals surface area (Å²) in [6, 6.07) is 6.86. The Morgan fingerprint density at radius 1 is 1.18 bits per heavy atom. The topological polar surface area (TPSA) is 107 Å². The van der Waals surface area contributed by atoms with Crippen molar-refractivity contribution in [3.8, 4) is 11.5 Å². The second kappa shape index (κ2) is 8.75. The molecule has 0 unspecified atom stereocenters. The maximum absolute atomic E-state index is 13.0. The molecule has 1 fully saturated rings. The zero-order valence-electron chi connectivity index (χ0n) is 16.0. The van der Waals surface area contributed by atoms with E-state index in [0.717, 1.165) is 0 Å². The van der Waals surface area contributed by atoms with E-state index in [1.807, 2.05) is 0 Å². The van der Waals surface area contributed by atoms with Crippen LogP contribution in [0.3, 0.4) is 0 Å². The van der Waals surface area contributed by atoms with Crippen LogP contribution in [0.15, 0.2) is 36.7 Å². The highest BCUT2D eigenvalue weighted by molar-refractivity contribution is 5.96. The van der Waals surface area contributed by atoms with E-state index < -0.39 is 5.54 Å². The number of hydrogen-bond acceptors (Lipinski definition) is 6. The van der Waals surface area contributed by atoms with Gasteiger partial charge in [0.2, 0.25) is 11.8 Å². The van der Waals surface area contributed by atoms with E-state index in [0.29, 0.717) is 43.1 Å². The molecule has 0 spiro atoms. The third-order valence-electron chi connectivity index (χ3n) is 4.84. The number of piperidine rings is 1. The molecule has 0 saturated carbocycles. The quantitative estimate of drug-likeness (QED) is 0.647. The third kappa shape index (κ3) is 4.25. The molecular formula is C19H25N5O4. The number of anilines is 1. The second-order valence-corrected chi connectivity index (χ2v) is 6.56. The molecule has 2 aromatic rings. The molecule has 2 heterocycles. The predicted molar refractivity (Wildman–Crippen MR) is 103 cm³/mol. The number of aromatic nitrogens is 2. The Morgan fingerprint density at radius 2 is 1.86 bits per heavy atom. The van der Waals surface area contributed by atoms with E-state index in [-0.39, 0.29) is 18.4 Å². The molecule has 28 heavy (non-hydrogen) atoms. The summed E-state index contributed by atoms with van der Waals surface area (Å²) in [5.74, 6) is 0.571. The molecule has 3 N–H and O–H groups in total. The van der Waals surface area contributed by atoms with Gasteiger partial charge in [-0.05, 0) is 32.0 Å². The fourth-order valence-electron chi connectivity index (χ4n) is 3.33. The highest BCUT2D eigenvalue weighted by Crippen LogP contribution is 2.27. The smallest absolute Gasteiger partial charge is 0.248 e. The van der Waals surface area contributed by atoms with Gasteiger partial charge in [0, 0.05) is 36.3 Å². The van der Waals surface area contributed by atoms with Crippen molar-refractivity contribution in [1.29, 1.82) is 0 Å². The van der Waals surface area contributed by atoms with Crippen LogP contribution in [0.1, 0.15) is 12.8 Å². The number of methoxy groups -OCH3 is 2. The first-order valence-electron chi connectivity index (χ1n) is 9.09. The molecule has 1 aromatic carbocycles. The second-order valence-electron chi connectivity index (χ2n) is 6.56. The van der Waals surface area contributed by atoms with E-state index in [1.54, 1.807) is 41.3 Å². The Bertz CT molecular complexity index is 793. The molecule has 2 amide bonds. The zero-order valence-corrected chi connectivity index (χ0v) is 16.0. The number of nitrogens with one attached hydrogen (secondary N) is 3. The maximum Gasteiger partial charge on any atom is 0.248 e. The van der Waals surface area contributed by atoms with Crippen LogP contribution >= 0.6 is 0 Å². The van der Waals surface area contributed by atoms with E-state index in [1.165, 1.54) is 14.2 Å². The molecule has 1 saturated heterocycles. The number of carbonyl (C=O) groups excluding carboxylic acids is 2. The van der Waals surface area contributed by atoms with Crippen molar-refractivity contribution in [1.82, 2.24) is 20.4 Å². The summed E-state index contributed by atoms with van der Waals surface area (Å²) in [6.07, 6.45) is 4.65. The Kier molecular flexibility index (Phi) is 6.15. The molecule has 0 bridgehead atoms. The van der Waals surface area contributed by atoms with Crippen molar-refractivity contribution in [3.63, 3.8) is 0 Å². The van der Waals surface area contributed by atoms with Crippen LogP contribution in [0.25, 0.3) is 0 Å². The minimum absolute atomic E-state index is 0.144. The molecule has 9 heteroatoms. The van der Waals surface area contributed by atoms with Gasteiger partial charge in [0.1, 0.15) is 17.0 Å². The SMILES string of the molecule is COc1cc(NC(=O)CNC(=O)C2(n3cccn3)CCNCC2)cc(OC)c1. The number of benzene rings is 1. The van der Waals surface area contributed by atoms with Crippen LogP contribution in [-0.4, -0.2) is 55.4 Å². The lowest BCUT2D eigenvalue weighted by atomic mass is 9.87. The Labute approximate surface area is 163 Å². The Balaban J connectivity index is 1.64. The summed E-state index contributed by atoms with van der Waals surface area (Å²) >= 11 is 0. The number of nitrogens with zero attached hydrogens (tertiary/aromatic N) is 2. The first-order chi connectivity index (χ1) is 13.6. The van der Waals surface area contributed by atoms with Gasteiger partial charge in [0.25, 0.3) is 0 Å². The standard InChI is InChI=1S/C19H25N5O4/c1-27-15-10-14(11-16(12-15)28-2)23-17(25)13-21-18(26)19(4-7-20-8-5-19)24-9-3-6-22-24/h3,6,9-12,20H,4-5,7-8,13H2,1-2H3,(H,21,26)(H,23,25). The summed E-state index contributed by atoms with van der Waals surface area (Å²) in [6.45, 7) is 1.28. The van der Waals surface area contributed by atoms with Crippen molar-refractivity contribution in [3.05, 3.63) is 36.7 Å². The summed E-state index contributed by atoms with van der Waals surface area (Å²) in [5.41, 5.74) is -0.257. The molecular weight excluding hydrogens is 362 g/mol. The molecule has 1 aliphatic heterocycles. The van der Waals surface area contributed by atoms with E-state index in [4.69, 9.17) is 9.47 Å². The lowest BCUT2D eigenvalue weighted by molar-refractivity contribution is -0.133. The maximum atomic E-state index is 13.0. The zero-order chi connectivity index (χ0) is 20.0. The predicted octanol–water partition coefficient (Wildman–Crippen LogP) is 0.734. The van der Waals surface area contributed by atoms with Gasteiger partial charge in [-0.3, -0.25) is 14.3 Å². The fourth-order valence-corrected chi connectivity index (χ4v) is 3.33. The van der Waals surface area contributed by atoms with Crippen molar-refractivity contribution < 1.29 is 19.1 Å². The molecule has 150 valence electrons. The van der Waals surface area contributed by atoms with Gasteiger partial charge in [-0.25, -0.2) is 0 Å². The lowest BCUT2D eigenvalue weighted by Gasteiger charge is -2.36. The Hall–Kier alpha value is -3.07. The van der Waals surface area contributed by atoms with Gasteiger partial charge in [0.05, 0.1) is 20.8 Å². The van der Waals surface area contributed by atoms with Gasteiger partial charge in [-0.1, -0.05) is 0 Å². The number of hydrogen-bond donors (Lipinski definition) is 3. The number of carbonyl (C=O) groups is 2. The highest BCUT2D eigenvalue weighted by atomic mass is 16.5. The van der Waals surface area contributed by atoms with Crippen molar-refractivity contribution in [2.24, 2.45) is 0 Å². The summed E-state index contributed by atoms with van der Waals surface area (Å²) < 4.78 is 12.1. The summed E-state index contributed by atoms with van der Waals surface area (Å²) in [4.78, 5) is 25.3. The minimum atomic E-state index is -0.784. The van der Waals surface area contributed by atoms with Crippen LogP contribution < -0.4 is 25.4 Å². The minimum Gasteiger partial charge on any atom is -0.497 e. The monoisotopic (exact) mass is 387 g/mol. The average Bonchev–Trinajstić information content (AvgIpc) is 3.27. The molecule has 0 atom stereocenters. The van der Waals surface area contributed by atoms with Crippen LogP contribution in [0, 0.1) is 0 Å². The molecule has 9 nitrogen and oxygen atoms in total. The number of rotatable bonds is 7. The van der Waals surface area contributed by atoms with E-state index >= 15 is 0 Å². The van der Waals surface area contributed by atoms with Crippen molar-refractivity contribution >= 4 is 17.5 Å². The first-order valence-corrected chi connectivity index (χ1v) is 9.09. The highest BCUT2D eigenvalue weighted by Gasteiger charge is 2.41. The first kappa shape index (κ1) is 19.7. The number of ether oxygens (including phenoxy) is 2. The van der Waals surface area contributed by atoms with Crippen molar-refractivity contribution in [2.75, 3.05) is 39.2 Å². The normalized spacial score (nSPS) is 15.5.